The van der Waals surface area contributed by atoms with Crippen LogP contribution >= 0.6 is 15.9 Å². The molecule has 0 amide bonds. The van der Waals surface area contributed by atoms with Crippen molar-refractivity contribution in [2.75, 3.05) is 0 Å². The van der Waals surface area contributed by atoms with Gasteiger partial charge in [0.25, 0.3) is 0 Å². The van der Waals surface area contributed by atoms with Gasteiger partial charge in [0.15, 0.2) is 6.17 Å². The van der Waals surface area contributed by atoms with E-state index in [0.717, 1.165) is 4.47 Å². The van der Waals surface area contributed by atoms with E-state index in [1.807, 2.05) is 0 Å². The van der Waals surface area contributed by atoms with Gasteiger partial charge < -0.3 is 0 Å². The van der Waals surface area contributed by atoms with Gasteiger partial charge >= 0.3 is 6.18 Å². The maximum absolute atomic E-state index is 12.6. The van der Waals surface area contributed by atoms with Gasteiger partial charge in [0.2, 0.25) is 0 Å². The van der Waals surface area contributed by atoms with Gasteiger partial charge in [0, 0.05) is 4.47 Å². The number of rotatable bonds is 3. The fourth-order valence-corrected chi connectivity index (χ4v) is 1.60. The molecular formula is C10H9BrF4. The van der Waals surface area contributed by atoms with Crippen LogP contribution in [-0.4, -0.2) is 12.3 Å². The first kappa shape index (κ1) is 12.5. The van der Waals surface area contributed by atoms with Crippen LogP contribution in [0.1, 0.15) is 12.0 Å². The van der Waals surface area contributed by atoms with Gasteiger partial charge in [-0.2, -0.15) is 13.2 Å². The van der Waals surface area contributed by atoms with E-state index in [4.69, 9.17) is 0 Å². The molecule has 0 aromatic heterocycles. The molecule has 1 atom stereocenters. The Labute approximate surface area is 93.4 Å². The van der Waals surface area contributed by atoms with Crippen molar-refractivity contribution in [1.29, 1.82) is 0 Å². The SMILES string of the molecule is FC(CCc1cccc(Br)c1)C(F)(F)F. The molecule has 0 spiro atoms. The van der Waals surface area contributed by atoms with Crippen molar-refractivity contribution in [2.24, 2.45) is 0 Å². The summed E-state index contributed by atoms with van der Waals surface area (Å²) in [5.41, 5.74) is 0.691. The third-order valence-electron chi connectivity index (χ3n) is 1.93. The number of hydrogen-bond donors (Lipinski definition) is 0. The predicted octanol–water partition coefficient (Wildman–Crippen LogP) is 4.28. The highest BCUT2D eigenvalue weighted by Crippen LogP contribution is 2.26. The first-order chi connectivity index (χ1) is 6.89. The second kappa shape index (κ2) is 4.96. The minimum Gasteiger partial charge on any atom is -0.237 e. The Balaban J connectivity index is 2.51. The van der Waals surface area contributed by atoms with E-state index < -0.39 is 18.8 Å². The molecule has 0 N–H and O–H groups in total. The molecule has 15 heavy (non-hydrogen) atoms. The number of halogens is 5. The molecule has 1 unspecified atom stereocenters. The zero-order valence-corrected chi connectivity index (χ0v) is 9.28. The third kappa shape index (κ3) is 4.20. The molecule has 1 aromatic carbocycles. The summed E-state index contributed by atoms with van der Waals surface area (Å²) in [6.07, 6.45) is -7.93. The monoisotopic (exact) mass is 284 g/mol. The van der Waals surface area contributed by atoms with E-state index in [0.29, 0.717) is 5.56 Å². The summed E-state index contributed by atoms with van der Waals surface area (Å²) in [5, 5.41) is 0. The molecule has 0 nitrogen and oxygen atoms in total. The minimum atomic E-state index is -4.74. The maximum Gasteiger partial charge on any atom is 0.419 e. The molecule has 0 saturated heterocycles. The van der Waals surface area contributed by atoms with Crippen LogP contribution in [0, 0.1) is 0 Å². The molecule has 5 heteroatoms. The Bertz CT molecular complexity index is 321. The van der Waals surface area contributed by atoms with E-state index >= 15 is 0 Å². The summed E-state index contributed by atoms with van der Waals surface area (Å²) in [6.45, 7) is 0. The Hall–Kier alpha value is -0.580. The van der Waals surface area contributed by atoms with Crippen molar-refractivity contribution in [3.05, 3.63) is 34.3 Å². The minimum absolute atomic E-state index is 0.0834. The molecule has 0 aliphatic heterocycles. The first-order valence-corrected chi connectivity index (χ1v) is 5.14. The Morgan fingerprint density at radius 2 is 1.93 bits per heavy atom. The van der Waals surface area contributed by atoms with E-state index in [-0.39, 0.29) is 6.42 Å². The van der Waals surface area contributed by atoms with Gasteiger partial charge in [-0.3, -0.25) is 0 Å². The number of aryl methyl sites for hydroxylation is 1. The highest BCUT2D eigenvalue weighted by Gasteiger charge is 2.39. The van der Waals surface area contributed by atoms with Crippen LogP contribution in [0.25, 0.3) is 0 Å². The zero-order chi connectivity index (χ0) is 11.5. The largest absolute Gasteiger partial charge is 0.419 e. The Kier molecular flexibility index (Phi) is 4.13. The van der Waals surface area contributed by atoms with Crippen LogP contribution < -0.4 is 0 Å². The van der Waals surface area contributed by atoms with Crippen molar-refractivity contribution < 1.29 is 17.6 Å². The highest BCUT2D eigenvalue weighted by atomic mass is 79.9. The van der Waals surface area contributed by atoms with E-state index in [1.165, 1.54) is 0 Å². The highest BCUT2D eigenvalue weighted by molar-refractivity contribution is 9.10. The number of benzene rings is 1. The van der Waals surface area contributed by atoms with Gasteiger partial charge in [-0.05, 0) is 30.5 Å². The van der Waals surface area contributed by atoms with Crippen LogP contribution in [0.4, 0.5) is 17.6 Å². The van der Waals surface area contributed by atoms with Crippen LogP contribution in [0.3, 0.4) is 0 Å². The molecule has 0 radical (unpaired) electrons. The molecule has 1 rings (SSSR count). The summed E-state index contributed by atoms with van der Waals surface area (Å²) in [7, 11) is 0. The standard InChI is InChI=1S/C10H9BrF4/c11-8-3-1-2-7(6-8)4-5-9(12)10(13,14)15/h1-3,6,9H,4-5H2. The zero-order valence-electron chi connectivity index (χ0n) is 7.69. The van der Waals surface area contributed by atoms with Gasteiger partial charge in [-0.15, -0.1) is 0 Å². The summed E-state index contributed by atoms with van der Waals surface area (Å²) in [4.78, 5) is 0. The molecule has 84 valence electrons. The predicted molar refractivity (Wildman–Crippen MR) is 53.4 cm³/mol. The molecule has 0 fully saturated rings. The van der Waals surface area contributed by atoms with Gasteiger partial charge in [0.05, 0.1) is 0 Å². The van der Waals surface area contributed by atoms with Gasteiger partial charge in [-0.25, -0.2) is 4.39 Å². The van der Waals surface area contributed by atoms with Gasteiger partial charge in [0.1, 0.15) is 0 Å². The summed E-state index contributed by atoms with van der Waals surface area (Å²) < 4.78 is 48.9. The molecule has 0 heterocycles. The molecule has 0 saturated carbocycles. The number of hydrogen-bond acceptors (Lipinski definition) is 0. The lowest BCUT2D eigenvalue weighted by Crippen LogP contribution is -2.24. The Morgan fingerprint density at radius 1 is 1.27 bits per heavy atom. The summed E-state index contributed by atoms with van der Waals surface area (Å²) in [6, 6.07) is 6.83. The van der Waals surface area contributed by atoms with Crippen LogP contribution in [-0.2, 0) is 6.42 Å². The summed E-state index contributed by atoms with van der Waals surface area (Å²) >= 11 is 3.19. The van der Waals surface area contributed by atoms with Crippen molar-refractivity contribution in [3.63, 3.8) is 0 Å². The molecular weight excluding hydrogens is 276 g/mol. The smallest absolute Gasteiger partial charge is 0.237 e. The lowest BCUT2D eigenvalue weighted by atomic mass is 10.1. The van der Waals surface area contributed by atoms with E-state index in [1.54, 1.807) is 24.3 Å². The lowest BCUT2D eigenvalue weighted by Gasteiger charge is -2.11. The van der Waals surface area contributed by atoms with Gasteiger partial charge in [-0.1, -0.05) is 28.1 Å². The third-order valence-corrected chi connectivity index (χ3v) is 2.42. The average molecular weight is 285 g/mol. The molecule has 1 aromatic rings. The van der Waals surface area contributed by atoms with Crippen molar-refractivity contribution in [3.8, 4) is 0 Å². The second-order valence-electron chi connectivity index (χ2n) is 3.18. The fraction of sp³-hybridized carbons (Fsp3) is 0.400. The first-order valence-electron chi connectivity index (χ1n) is 4.35. The van der Waals surface area contributed by atoms with Crippen LogP contribution in [0.5, 0.6) is 0 Å². The quantitative estimate of drug-likeness (QED) is 0.727. The van der Waals surface area contributed by atoms with Crippen LogP contribution in [0.15, 0.2) is 28.7 Å². The average Bonchev–Trinajstić information content (AvgIpc) is 2.12. The normalized spacial score (nSPS) is 13.9. The summed E-state index contributed by atoms with van der Waals surface area (Å²) in [5.74, 6) is 0. The Morgan fingerprint density at radius 3 is 2.47 bits per heavy atom. The lowest BCUT2D eigenvalue weighted by molar-refractivity contribution is -0.181. The van der Waals surface area contributed by atoms with Crippen molar-refractivity contribution >= 4 is 15.9 Å². The molecule has 0 bridgehead atoms. The topological polar surface area (TPSA) is 0 Å². The second-order valence-corrected chi connectivity index (χ2v) is 4.09. The van der Waals surface area contributed by atoms with Crippen molar-refractivity contribution in [2.45, 2.75) is 25.2 Å². The maximum atomic E-state index is 12.6. The number of alkyl halides is 4. The molecule has 0 aliphatic carbocycles. The fourth-order valence-electron chi connectivity index (χ4n) is 1.15. The van der Waals surface area contributed by atoms with Crippen LogP contribution in [0.2, 0.25) is 0 Å². The molecule has 0 aliphatic rings. The van der Waals surface area contributed by atoms with E-state index in [2.05, 4.69) is 15.9 Å². The van der Waals surface area contributed by atoms with Crippen molar-refractivity contribution in [1.82, 2.24) is 0 Å². The van der Waals surface area contributed by atoms with E-state index in [9.17, 15) is 17.6 Å².